The van der Waals surface area contributed by atoms with Crippen LogP contribution in [0.15, 0.2) is 0 Å². The Labute approximate surface area is 121 Å². The summed E-state index contributed by atoms with van der Waals surface area (Å²) in [7, 11) is 0. The van der Waals surface area contributed by atoms with E-state index in [1.165, 1.54) is 6.92 Å². The zero-order valence-corrected chi connectivity index (χ0v) is 12.6. The van der Waals surface area contributed by atoms with Crippen molar-refractivity contribution in [2.45, 2.75) is 64.6 Å². The van der Waals surface area contributed by atoms with Crippen LogP contribution in [0.4, 0.5) is 0 Å². The molecule has 116 valence electrons. The average molecular weight is 284 g/mol. The van der Waals surface area contributed by atoms with Gasteiger partial charge in [-0.2, -0.15) is 0 Å². The van der Waals surface area contributed by atoms with Gasteiger partial charge in [-0.1, -0.05) is 26.7 Å². The first-order valence-electron chi connectivity index (χ1n) is 7.46. The number of guanidine groups is 1. The maximum absolute atomic E-state index is 11.5. The number of hydrogen-bond donors (Lipinski definition) is 5. The number of aliphatic hydroxyl groups is 1. The summed E-state index contributed by atoms with van der Waals surface area (Å²) in [6.07, 6.45) is 2.85. The van der Waals surface area contributed by atoms with Gasteiger partial charge in [0.25, 0.3) is 0 Å². The van der Waals surface area contributed by atoms with Crippen molar-refractivity contribution in [3.63, 3.8) is 0 Å². The number of rotatable bonds is 6. The molecule has 6 heteroatoms. The Bertz CT molecular complexity index is 344. The van der Waals surface area contributed by atoms with Gasteiger partial charge in [-0.15, -0.1) is 0 Å². The van der Waals surface area contributed by atoms with Crippen LogP contribution in [0.3, 0.4) is 0 Å². The molecule has 0 aliphatic heterocycles. The van der Waals surface area contributed by atoms with Crippen molar-refractivity contribution in [2.24, 2.45) is 17.6 Å². The smallest absolute Gasteiger partial charge is 0.217 e. The van der Waals surface area contributed by atoms with Gasteiger partial charge in [0.1, 0.15) is 0 Å². The molecule has 0 saturated heterocycles. The van der Waals surface area contributed by atoms with Crippen molar-refractivity contribution in [3.8, 4) is 0 Å². The summed E-state index contributed by atoms with van der Waals surface area (Å²) in [5, 5.41) is 23.6. The monoisotopic (exact) mass is 284 g/mol. The predicted molar refractivity (Wildman–Crippen MR) is 79.2 cm³/mol. The lowest BCUT2D eigenvalue weighted by atomic mass is 9.81. The topological polar surface area (TPSA) is 111 Å². The first-order valence-corrected chi connectivity index (χ1v) is 7.46. The van der Waals surface area contributed by atoms with E-state index in [2.05, 4.69) is 24.5 Å². The quantitative estimate of drug-likeness (QED) is 0.362. The van der Waals surface area contributed by atoms with E-state index in [1.54, 1.807) is 0 Å². The molecule has 0 aromatic heterocycles. The second-order valence-electron chi connectivity index (χ2n) is 5.69. The summed E-state index contributed by atoms with van der Waals surface area (Å²) in [6.45, 7) is 5.69. The fourth-order valence-electron chi connectivity index (χ4n) is 3.42. The van der Waals surface area contributed by atoms with Gasteiger partial charge >= 0.3 is 0 Å². The predicted octanol–water partition coefficient (Wildman–Crippen LogP) is 0.550. The SMILES string of the molecule is CCC(CC)C(NC(C)=O)C1C(O)CCC1NC(=N)N. The van der Waals surface area contributed by atoms with Crippen LogP contribution in [-0.2, 0) is 4.79 Å². The van der Waals surface area contributed by atoms with Crippen LogP contribution in [0.1, 0.15) is 46.5 Å². The Morgan fingerprint density at radius 2 is 2.00 bits per heavy atom. The molecule has 1 aliphatic carbocycles. The van der Waals surface area contributed by atoms with E-state index in [1.807, 2.05) is 0 Å². The minimum atomic E-state index is -0.468. The van der Waals surface area contributed by atoms with Crippen LogP contribution >= 0.6 is 0 Å². The number of amides is 1. The van der Waals surface area contributed by atoms with E-state index in [0.29, 0.717) is 12.3 Å². The molecule has 0 bridgehead atoms. The third-order valence-corrected chi connectivity index (χ3v) is 4.36. The van der Waals surface area contributed by atoms with Crippen molar-refractivity contribution in [2.75, 3.05) is 0 Å². The second kappa shape index (κ2) is 7.47. The molecule has 1 aliphatic rings. The summed E-state index contributed by atoms with van der Waals surface area (Å²) < 4.78 is 0. The molecule has 1 saturated carbocycles. The van der Waals surface area contributed by atoms with E-state index < -0.39 is 6.10 Å². The van der Waals surface area contributed by atoms with Gasteiger partial charge in [0, 0.05) is 24.9 Å². The van der Waals surface area contributed by atoms with Crippen molar-refractivity contribution < 1.29 is 9.90 Å². The van der Waals surface area contributed by atoms with E-state index in [-0.39, 0.29) is 29.9 Å². The summed E-state index contributed by atoms with van der Waals surface area (Å²) in [5.74, 6) is 0.0448. The molecule has 6 N–H and O–H groups in total. The first kappa shape index (κ1) is 16.8. The number of nitrogens with two attached hydrogens (primary N) is 1. The Morgan fingerprint density at radius 3 is 2.45 bits per heavy atom. The lowest BCUT2D eigenvalue weighted by molar-refractivity contribution is -0.120. The maximum atomic E-state index is 11.5. The molecule has 0 aromatic carbocycles. The highest BCUT2D eigenvalue weighted by Gasteiger charge is 2.43. The summed E-state index contributed by atoms with van der Waals surface area (Å²) in [6, 6.07) is -0.142. The zero-order valence-electron chi connectivity index (χ0n) is 12.6. The number of aliphatic hydroxyl groups excluding tert-OH is 1. The molecule has 1 rings (SSSR count). The Kier molecular flexibility index (Phi) is 6.26. The van der Waals surface area contributed by atoms with Crippen LogP contribution < -0.4 is 16.4 Å². The Morgan fingerprint density at radius 1 is 1.40 bits per heavy atom. The molecular weight excluding hydrogens is 256 g/mol. The summed E-state index contributed by atoms with van der Waals surface area (Å²) >= 11 is 0. The van der Waals surface area contributed by atoms with Gasteiger partial charge in [-0.05, 0) is 18.8 Å². The van der Waals surface area contributed by atoms with Crippen LogP contribution in [0.2, 0.25) is 0 Å². The average Bonchev–Trinajstić information content (AvgIpc) is 2.69. The van der Waals surface area contributed by atoms with E-state index in [9.17, 15) is 9.90 Å². The Hall–Kier alpha value is -1.30. The van der Waals surface area contributed by atoms with Gasteiger partial charge in [-0.3, -0.25) is 10.2 Å². The summed E-state index contributed by atoms with van der Waals surface area (Å²) in [4.78, 5) is 11.5. The first-order chi connectivity index (χ1) is 9.40. The number of carbonyl (C=O) groups excluding carboxylic acids is 1. The van der Waals surface area contributed by atoms with E-state index in [4.69, 9.17) is 11.1 Å². The fourth-order valence-corrected chi connectivity index (χ4v) is 3.42. The number of carbonyl (C=O) groups is 1. The van der Waals surface area contributed by atoms with Gasteiger partial charge in [0.05, 0.1) is 6.10 Å². The molecule has 0 spiro atoms. The van der Waals surface area contributed by atoms with Crippen LogP contribution in [-0.4, -0.2) is 35.2 Å². The molecule has 20 heavy (non-hydrogen) atoms. The highest BCUT2D eigenvalue weighted by molar-refractivity contribution is 5.75. The minimum Gasteiger partial charge on any atom is -0.393 e. The molecule has 0 heterocycles. The van der Waals surface area contributed by atoms with Crippen LogP contribution in [0.5, 0.6) is 0 Å². The third kappa shape index (κ3) is 4.10. The van der Waals surface area contributed by atoms with Crippen LogP contribution in [0, 0.1) is 17.2 Å². The lowest BCUT2D eigenvalue weighted by Gasteiger charge is -2.36. The van der Waals surface area contributed by atoms with Crippen molar-refractivity contribution in [1.82, 2.24) is 10.6 Å². The molecule has 1 fully saturated rings. The molecule has 0 aromatic rings. The third-order valence-electron chi connectivity index (χ3n) is 4.36. The standard InChI is InChI=1S/C14H28N4O2/c1-4-9(5-2)13(17-8(3)19)12-10(18-14(15)16)6-7-11(12)20/h9-13,20H,4-7H2,1-3H3,(H,17,19)(H4,15,16,18). The van der Waals surface area contributed by atoms with Crippen molar-refractivity contribution in [1.29, 1.82) is 5.41 Å². The van der Waals surface area contributed by atoms with E-state index >= 15 is 0 Å². The Balaban J connectivity index is 2.95. The van der Waals surface area contributed by atoms with Crippen LogP contribution in [0.25, 0.3) is 0 Å². The normalized spacial score (nSPS) is 27.4. The molecule has 4 atom stereocenters. The fraction of sp³-hybridized carbons (Fsp3) is 0.857. The maximum Gasteiger partial charge on any atom is 0.217 e. The van der Waals surface area contributed by atoms with Gasteiger partial charge < -0.3 is 21.5 Å². The van der Waals surface area contributed by atoms with Gasteiger partial charge in [0.2, 0.25) is 5.91 Å². The minimum absolute atomic E-state index is 0.0556. The van der Waals surface area contributed by atoms with Crippen molar-refractivity contribution in [3.05, 3.63) is 0 Å². The summed E-state index contributed by atoms with van der Waals surface area (Å²) in [5.41, 5.74) is 5.43. The van der Waals surface area contributed by atoms with Gasteiger partial charge in [0.15, 0.2) is 5.96 Å². The number of hydrogen-bond acceptors (Lipinski definition) is 3. The molecule has 4 unspecified atom stereocenters. The second-order valence-corrected chi connectivity index (χ2v) is 5.69. The zero-order chi connectivity index (χ0) is 15.3. The largest absolute Gasteiger partial charge is 0.393 e. The molecule has 0 radical (unpaired) electrons. The lowest BCUT2D eigenvalue weighted by Crippen LogP contribution is -2.54. The van der Waals surface area contributed by atoms with E-state index in [0.717, 1.165) is 19.3 Å². The van der Waals surface area contributed by atoms with Crippen molar-refractivity contribution >= 4 is 11.9 Å². The van der Waals surface area contributed by atoms with Gasteiger partial charge in [-0.25, -0.2) is 0 Å². The molecule has 1 amide bonds. The molecule has 6 nitrogen and oxygen atoms in total. The number of nitrogens with one attached hydrogen (secondary N) is 3. The molecular formula is C14H28N4O2. The highest BCUT2D eigenvalue weighted by Crippen LogP contribution is 2.34. The highest BCUT2D eigenvalue weighted by atomic mass is 16.3.